The monoisotopic (exact) mass is 334 g/mol. The van der Waals surface area contributed by atoms with Crippen molar-refractivity contribution in [3.8, 4) is 0 Å². The van der Waals surface area contributed by atoms with Crippen molar-refractivity contribution in [1.82, 2.24) is 9.36 Å². The van der Waals surface area contributed by atoms with Gasteiger partial charge < -0.3 is 10.4 Å². The summed E-state index contributed by atoms with van der Waals surface area (Å²) in [6, 6.07) is 1.78. The highest BCUT2D eigenvalue weighted by atomic mass is 35.5. The van der Waals surface area contributed by atoms with E-state index in [1.807, 2.05) is 0 Å². The highest BCUT2D eigenvalue weighted by molar-refractivity contribution is 7.10. The summed E-state index contributed by atoms with van der Waals surface area (Å²) in [5.41, 5.74) is 0.235. The Hall–Kier alpha value is -1.84. The maximum Gasteiger partial charge on any atom is 0.324 e. The maximum absolute atomic E-state index is 12.4. The molecule has 0 aliphatic rings. The number of amides is 2. The summed E-state index contributed by atoms with van der Waals surface area (Å²) >= 11 is 6.44. The molecule has 0 unspecified atom stereocenters. The van der Waals surface area contributed by atoms with Crippen LogP contribution in [0.5, 0.6) is 0 Å². The number of hydrogen-bond acceptors (Lipinski definition) is 5. The van der Waals surface area contributed by atoms with Crippen molar-refractivity contribution in [2.24, 2.45) is 0 Å². The summed E-state index contributed by atoms with van der Waals surface area (Å²) in [7, 11) is 0. The molecule has 2 aromatic heterocycles. The fourth-order valence-electron chi connectivity index (χ4n) is 1.42. The van der Waals surface area contributed by atoms with Crippen molar-refractivity contribution < 1.29 is 18.7 Å². The van der Waals surface area contributed by atoms with Crippen LogP contribution in [0.2, 0.25) is 5.15 Å². The minimum absolute atomic E-state index is 0.139. The third-order valence-electron chi connectivity index (χ3n) is 2.36. The number of aromatic nitrogens is 2. The van der Waals surface area contributed by atoms with Crippen molar-refractivity contribution in [1.29, 1.82) is 0 Å². The third kappa shape index (κ3) is 4.06. The molecule has 21 heavy (non-hydrogen) atoms. The minimum atomic E-state index is -2.69. The fraction of sp³-hybridized carbons (Fsp3) is 0.182. The van der Waals surface area contributed by atoms with Gasteiger partial charge in [-0.1, -0.05) is 11.6 Å². The summed E-state index contributed by atoms with van der Waals surface area (Å²) in [6.07, 6.45) is -1.38. The quantitative estimate of drug-likeness (QED) is 0.749. The number of anilines is 2. The first kappa shape index (κ1) is 15.5. The summed E-state index contributed by atoms with van der Waals surface area (Å²) in [4.78, 5) is 15.5. The van der Waals surface area contributed by atoms with Crippen LogP contribution in [-0.4, -0.2) is 20.5 Å². The topological polar surface area (TPSA) is 87.1 Å². The van der Waals surface area contributed by atoms with E-state index in [0.29, 0.717) is 5.56 Å². The highest BCUT2D eigenvalue weighted by Crippen LogP contribution is 2.25. The van der Waals surface area contributed by atoms with Gasteiger partial charge in [-0.25, -0.2) is 18.6 Å². The van der Waals surface area contributed by atoms with Gasteiger partial charge in [0.2, 0.25) is 0 Å². The summed E-state index contributed by atoms with van der Waals surface area (Å²) in [6.45, 7) is -0.337. The molecular weight excluding hydrogens is 326 g/mol. The molecule has 0 bridgehead atoms. The van der Waals surface area contributed by atoms with Gasteiger partial charge in [0.25, 0.3) is 6.43 Å². The van der Waals surface area contributed by atoms with E-state index in [0.717, 1.165) is 17.6 Å². The Morgan fingerprint density at radius 2 is 2.19 bits per heavy atom. The number of nitrogens with zero attached hydrogens (tertiary/aromatic N) is 2. The number of rotatable bonds is 4. The molecule has 0 spiro atoms. The Kier molecular flexibility index (Phi) is 4.99. The number of carbonyl (C=O) groups is 1. The first-order valence-corrected chi connectivity index (χ1v) is 6.72. The van der Waals surface area contributed by atoms with E-state index in [4.69, 9.17) is 16.7 Å². The molecule has 0 aliphatic heterocycles. The zero-order valence-electron chi connectivity index (χ0n) is 10.3. The van der Waals surface area contributed by atoms with E-state index in [9.17, 15) is 13.6 Å². The molecule has 2 aromatic rings. The molecule has 2 rings (SSSR count). The van der Waals surface area contributed by atoms with Crippen LogP contribution in [0.15, 0.2) is 18.3 Å². The van der Waals surface area contributed by atoms with Gasteiger partial charge in [-0.2, -0.15) is 4.37 Å². The standard InChI is InChI=1S/C11H9ClF2N4O2S/c12-8-1-6(5(4-19)3-15-8)16-11(20)17-9-2-7(10(13)14)18-21-9/h1-3,10,19H,4H2,(H2,15,16,17,20). The van der Waals surface area contributed by atoms with Crippen LogP contribution < -0.4 is 10.6 Å². The van der Waals surface area contributed by atoms with Crippen molar-refractivity contribution in [3.05, 3.63) is 34.7 Å². The van der Waals surface area contributed by atoms with E-state index in [-0.39, 0.29) is 22.4 Å². The molecular formula is C11H9ClF2N4O2S. The van der Waals surface area contributed by atoms with Crippen molar-refractivity contribution in [2.45, 2.75) is 13.0 Å². The fourth-order valence-corrected chi connectivity index (χ4v) is 2.22. The van der Waals surface area contributed by atoms with Crippen molar-refractivity contribution in [2.75, 3.05) is 10.6 Å². The van der Waals surface area contributed by atoms with Gasteiger partial charge >= 0.3 is 6.03 Å². The molecule has 0 saturated heterocycles. The number of hydrogen-bond donors (Lipinski definition) is 3. The summed E-state index contributed by atoms with van der Waals surface area (Å²) in [5, 5.41) is 14.3. The second-order valence-corrected chi connectivity index (χ2v) is 5.01. The van der Waals surface area contributed by atoms with Gasteiger partial charge in [-0.15, -0.1) is 0 Å². The van der Waals surface area contributed by atoms with Crippen LogP contribution in [0.3, 0.4) is 0 Å². The Bertz CT molecular complexity index is 653. The van der Waals surface area contributed by atoms with Crippen LogP contribution in [0.1, 0.15) is 17.7 Å². The van der Waals surface area contributed by atoms with E-state index >= 15 is 0 Å². The number of alkyl halides is 2. The lowest BCUT2D eigenvalue weighted by Gasteiger charge is -2.09. The van der Waals surface area contributed by atoms with Gasteiger partial charge in [-0.05, 0) is 17.6 Å². The largest absolute Gasteiger partial charge is 0.392 e. The highest BCUT2D eigenvalue weighted by Gasteiger charge is 2.14. The van der Waals surface area contributed by atoms with Crippen LogP contribution in [0.25, 0.3) is 0 Å². The molecule has 10 heteroatoms. The van der Waals surface area contributed by atoms with Crippen LogP contribution in [0, 0.1) is 0 Å². The van der Waals surface area contributed by atoms with Crippen LogP contribution >= 0.6 is 23.1 Å². The number of nitrogens with one attached hydrogen (secondary N) is 2. The zero-order chi connectivity index (χ0) is 15.4. The molecule has 112 valence electrons. The minimum Gasteiger partial charge on any atom is -0.392 e. The lowest BCUT2D eigenvalue weighted by Crippen LogP contribution is -2.19. The molecule has 0 radical (unpaired) electrons. The molecule has 0 aliphatic carbocycles. The van der Waals surface area contributed by atoms with Gasteiger partial charge in [0, 0.05) is 17.8 Å². The Morgan fingerprint density at radius 3 is 2.81 bits per heavy atom. The molecule has 0 fully saturated rings. The van der Waals surface area contributed by atoms with Gasteiger partial charge in [0.05, 0.1) is 12.3 Å². The van der Waals surface area contributed by atoms with E-state index < -0.39 is 18.2 Å². The van der Waals surface area contributed by atoms with E-state index in [1.165, 1.54) is 12.3 Å². The lowest BCUT2D eigenvalue weighted by atomic mass is 10.2. The van der Waals surface area contributed by atoms with Crippen molar-refractivity contribution >= 4 is 39.9 Å². The van der Waals surface area contributed by atoms with E-state index in [1.54, 1.807) is 0 Å². The molecule has 2 heterocycles. The predicted molar refractivity (Wildman–Crippen MR) is 74.9 cm³/mol. The average molecular weight is 335 g/mol. The molecule has 3 N–H and O–H groups in total. The number of aliphatic hydroxyl groups excluding tert-OH is 1. The van der Waals surface area contributed by atoms with Gasteiger partial charge in [0.15, 0.2) is 0 Å². The van der Waals surface area contributed by atoms with E-state index in [2.05, 4.69) is 20.0 Å². The van der Waals surface area contributed by atoms with Crippen LogP contribution in [0.4, 0.5) is 24.3 Å². The SMILES string of the molecule is O=C(Nc1cc(C(F)F)ns1)Nc1cc(Cl)ncc1CO. The molecule has 6 nitrogen and oxygen atoms in total. The Morgan fingerprint density at radius 1 is 1.43 bits per heavy atom. The normalized spacial score (nSPS) is 10.7. The third-order valence-corrected chi connectivity index (χ3v) is 3.29. The maximum atomic E-state index is 12.4. The first-order valence-electron chi connectivity index (χ1n) is 5.57. The smallest absolute Gasteiger partial charge is 0.324 e. The molecule has 0 saturated carbocycles. The predicted octanol–water partition coefficient (Wildman–Crippen LogP) is 3.27. The summed E-state index contributed by atoms with van der Waals surface area (Å²) in [5.74, 6) is 0. The molecule has 2 amide bonds. The second-order valence-electron chi connectivity index (χ2n) is 3.82. The Balaban J connectivity index is 2.06. The second kappa shape index (κ2) is 6.74. The van der Waals surface area contributed by atoms with Crippen LogP contribution in [-0.2, 0) is 6.61 Å². The van der Waals surface area contributed by atoms with Gasteiger partial charge in [0.1, 0.15) is 15.8 Å². The number of aliphatic hydroxyl groups is 1. The number of urea groups is 1. The first-order chi connectivity index (χ1) is 9.99. The average Bonchev–Trinajstić information content (AvgIpc) is 2.87. The lowest BCUT2D eigenvalue weighted by molar-refractivity contribution is 0.147. The molecule has 0 atom stereocenters. The zero-order valence-corrected chi connectivity index (χ0v) is 11.9. The molecule has 0 aromatic carbocycles. The summed E-state index contributed by atoms with van der Waals surface area (Å²) < 4.78 is 28.3. The number of halogens is 3. The van der Waals surface area contributed by atoms with Crippen molar-refractivity contribution in [3.63, 3.8) is 0 Å². The Labute approximate surface area is 126 Å². The van der Waals surface area contributed by atoms with Gasteiger partial charge in [-0.3, -0.25) is 5.32 Å². The number of pyridine rings is 1. The number of carbonyl (C=O) groups excluding carboxylic acids is 1.